The van der Waals surface area contributed by atoms with Gasteiger partial charge in [-0.1, -0.05) is 102 Å². The van der Waals surface area contributed by atoms with E-state index in [2.05, 4.69) is 10.2 Å². The number of methoxy groups -OCH3 is 1. The summed E-state index contributed by atoms with van der Waals surface area (Å²) in [6.07, 6.45) is 2.35. The van der Waals surface area contributed by atoms with Crippen molar-refractivity contribution < 1.29 is 24.1 Å². The Kier molecular flexibility index (Phi) is 11.0. The maximum absolute atomic E-state index is 11.9. The minimum Gasteiger partial charge on any atom is -0.392 e. The van der Waals surface area contributed by atoms with Crippen molar-refractivity contribution in [2.24, 2.45) is 0 Å². The minimum absolute atomic E-state index is 0.00879. The van der Waals surface area contributed by atoms with Gasteiger partial charge in [0, 0.05) is 38.2 Å². The number of carbonyl (C=O) groups is 1. The normalized spacial score (nSPS) is 22.9. The lowest BCUT2D eigenvalue weighted by atomic mass is 9.98. The van der Waals surface area contributed by atoms with Crippen molar-refractivity contribution in [1.82, 2.24) is 10.2 Å². The first-order valence-corrected chi connectivity index (χ1v) is 15.6. The summed E-state index contributed by atoms with van der Waals surface area (Å²) in [4.78, 5) is 14.4. The lowest BCUT2D eigenvalue weighted by molar-refractivity contribution is -0.253. The number of carbonyl (C=O) groups excluding carboxylic acids is 1. The molecule has 3 aromatic carbocycles. The van der Waals surface area contributed by atoms with E-state index in [1.54, 1.807) is 7.11 Å². The molecule has 0 aromatic heterocycles. The Balaban J connectivity index is 1.32. The highest BCUT2D eigenvalue weighted by Gasteiger charge is 2.35. The highest BCUT2D eigenvalue weighted by molar-refractivity contribution is 6.76. The van der Waals surface area contributed by atoms with Crippen LogP contribution in [0.2, 0.25) is 0 Å². The standard InChI is InChI=1S/C33H37Cl3N2O5/c1-41-21-28-6-3-15-38(28)19-29-17-30(25-9-7-22(20-39)8-10-25)43-31(42-29)26-13-11-24(12-14-26)27-5-2-4-23(16-27)18-37-32(40)33(34,35)36/h2,4-5,7-14,16,28-31,39H,3,6,15,17-21H2,1H3,(H,37,40). The molecule has 43 heavy (non-hydrogen) atoms. The minimum atomic E-state index is -2.00. The number of amides is 1. The Morgan fingerprint density at radius 2 is 1.74 bits per heavy atom. The van der Waals surface area contributed by atoms with Gasteiger partial charge in [0.25, 0.3) is 9.70 Å². The van der Waals surface area contributed by atoms with E-state index in [0.717, 1.165) is 72.3 Å². The number of benzene rings is 3. The number of rotatable bonds is 10. The Morgan fingerprint density at radius 3 is 2.44 bits per heavy atom. The fourth-order valence-corrected chi connectivity index (χ4v) is 5.99. The molecule has 2 fully saturated rings. The first-order chi connectivity index (χ1) is 20.7. The van der Waals surface area contributed by atoms with Crippen molar-refractivity contribution in [3.8, 4) is 11.1 Å². The number of alkyl halides is 3. The van der Waals surface area contributed by atoms with E-state index in [0.29, 0.717) is 6.04 Å². The van der Waals surface area contributed by atoms with Crippen LogP contribution in [0.15, 0.2) is 72.8 Å². The molecule has 0 spiro atoms. The van der Waals surface area contributed by atoms with E-state index in [1.807, 2.05) is 72.8 Å². The predicted molar refractivity (Wildman–Crippen MR) is 169 cm³/mol. The molecule has 230 valence electrons. The number of hydrogen-bond acceptors (Lipinski definition) is 6. The van der Waals surface area contributed by atoms with Crippen LogP contribution in [0.1, 0.15) is 53.9 Å². The molecule has 0 saturated carbocycles. The van der Waals surface area contributed by atoms with Gasteiger partial charge in [0.05, 0.1) is 25.4 Å². The Morgan fingerprint density at radius 1 is 1.00 bits per heavy atom. The molecule has 2 aliphatic heterocycles. The zero-order valence-electron chi connectivity index (χ0n) is 24.1. The van der Waals surface area contributed by atoms with Gasteiger partial charge in [-0.05, 0) is 53.3 Å². The average molecular weight is 648 g/mol. The van der Waals surface area contributed by atoms with Crippen molar-refractivity contribution in [3.63, 3.8) is 0 Å². The van der Waals surface area contributed by atoms with Crippen molar-refractivity contribution >= 4 is 40.7 Å². The molecule has 2 saturated heterocycles. The van der Waals surface area contributed by atoms with E-state index in [9.17, 15) is 9.90 Å². The highest BCUT2D eigenvalue weighted by atomic mass is 35.6. The van der Waals surface area contributed by atoms with E-state index >= 15 is 0 Å². The van der Waals surface area contributed by atoms with Gasteiger partial charge >= 0.3 is 0 Å². The Labute approximate surface area is 268 Å². The van der Waals surface area contributed by atoms with Crippen LogP contribution >= 0.6 is 34.8 Å². The van der Waals surface area contributed by atoms with E-state index in [-0.39, 0.29) is 25.4 Å². The largest absolute Gasteiger partial charge is 0.392 e. The SMILES string of the molecule is COCC1CCCN1CC1CC(c2ccc(CO)cc2)OC(c2ccc(-c3cccc(CNC(=O)C(Cl)(Cl)Cl)c3)cc2)O1. The third-order valence-electron chi connectivity index (χ3n) is 8.06. The van der Waals surface area contributed by atoms with Gasteiger partial charge in [-0.3, -0.25) is 9.69 Å². The number of aliphatic hydroxyl groups is 1. The molecular formula is C33H37Cl3N2O5. The van der Waals surface area contributed by atoms with E-state index in [1.165, 1.54) is 0 Å². The molecule has 5 rings (SSSR count). The number of hydrogen-bond donors (Lipinski definition) is 2. The van der Waals surface area contributed by atoms with Crippen LogP contribution in [0.5, 0.6) is 0 Å². The number of nitrogens with zero attached hydrogens (tertiary/aromatic N) is 1. The fourth-order valence-electron chi connectivity index (χ4n) is 5.79. The number of ether oxygens (including phenoxy) is 3. The molecule has 0 aliphatic carbocycles. The van der Waals surface area contributed by atoms with Crippen LogP contribution < -0.4 is 5.32 Å². The molecule has 0 bridgehead atoms. The second-order valence-electron chi connectivity index (χ2n) is 11.1. The molecule has 0 radical (unpaired) electrons. The number of halogens is 3. The van der Waals surface area contributed by atoms with Crippen molar-refractivity contribution in [2.75, 3.05) is 26.8 Å². The Bertz CT molecular complexity index is 1350. The number of nitrogens with one attached hydrogen (secondary N) is 1. The second-order valence-corrected chi connectivity index (χ2v) is 13.4. The summed E-state index contributed by atoms with van der Waals surface area (Å²) in [7, 11) is 1.76. The maximum Gasteiger partial charge on any atom is 0.272 e. The van der Waals surface area contributed by atoms with Gasteiger partial charge in [-0.25, -0.2) is 0 Å². The first kappa shape index (κ1) is 32.2. The van der Waals surface area contributed by atoms with Crippen LogP contribution in [-0.2, 0) is 32.2 Å². The fraction of sp³-hybridized carbons (Fsp3) is 0.424. The third-order valence-corrected chi connectivity index (χ3v) is 8.58. The lowest BCUT2D eigenvalue weighted by Crippen LogP contribution is -2.42. The maximum atomic E-state index is 11.9. The Hall–Kier alpha value is -2.20. The molecule has 4 atom stereocenters. The van der Waals surface area contributed by atoms with Gasteiger partial charge in [0.1, 0.15) is 0 Å². The molecule has 7 nitrogen and oxygen atoms in total. The quantitative estimate of drug-likeness (QED) is 0.245. The number of likely N-dealkylation sites (tertiary alicyclic amines) is 1. The first-order valence-electron chi connectivity index (χ1n) is 14.5. The topological polar surface area (TPSA) is 80.3 Å². The summed E-state index contributed by atoms with van der Waals surface area (Å²) in [6.45, 7) is 2.83. The van der Waals surface area contributed by atoms with Gasteiger partial charge in [0.15, 0.2) is 6.29 Å². The zero-order chi connectivity index (χ0) is 30.4. The van der Waals surface area contributed by atoms with Crippen molar-refractivity contribution in [1.29, 1.82) is 0 Å². The molecule has 2 heterocycles. The predicted octanol–water partition coefficient (Wildman–Crippen LogP) is 6.49. The smallest absolute Gasteiger partial charge is 0.272 e. The second kappa shape index (κ2) is 14.7. The monoisotopic (exact) mass is 646 g/mol. The molecule has 2 aliphatic rings. The van der Waals surface area contributed by atoms with Crippen LogP contribution in [0.3, 0.4) is 0 Å². The average Bonchev–Trinajstić information content (AvgIpc) is 3.45. The molecule has 2 N–H and O–H groups in total. The van der Waals surface area contributed by atoms with Crippen molar-refractivity contribution in [3.05, 3.63) is 95.1 Å². The molecule has 3 aromatic rings. The van der Waals surface area contributed by atoms with Crippen LogP contribution in [0, 0.1) is 0 Å². The number of aliphatic hydroxyl groups excluding tert-OH is 1. The van der Waals surface area contributed by atoms with Crippen LogP contribution in [0.4, 0.5) is 0 Å². The van der Waals surface area contributed by atoms with Gasteiger partial charge in [-0.2, -0.15) is 0 Å². The third kappa shape index (κ3) is 8.50. The summed E-state index contributed by atoms with van der Waals surface area (Å²) < 4.78 is 16.6. The summed E-state index contributed by atoms with van der Waals surface area (Å²) in [6, 6.07) is 24.4. The molecule has 4 unspecified atom stereocenters. The van der Waals surface area contributed by atoms with Crippen LogP contribution in [0.25, 0.3) is 11.1 Å². The van der Waals surface area contributed by atoms with Gasteiger partial charge < -0.3 is 24.6 Å². The molecule has 1 amide bonds. The summed E-state index contributed by atoms with van der Waals surface area (Å²) in [5.74, 6) is -0.667. The van der Waals surface area contributed by atoms with E-state index in [4.69, 9.17) is 49.0 Å². The van der Waals surface area contributed by atoms with Crippen LogP contribution in [-0.4, -0.2) is 58.7 Å². The summed E-state index contributed by atoms with van der Waals surface area (Å²) in [5.41, 5.74) is 5.77. The van der Waals surface area contributed by atoms with E-state index < -0.39 is 16.0 Å². The zero-order valence-corrected chi connectivity index (χ0v) is 26.3. The summed E-state index contributed by atoms with van der Waals surface area (Å²) >= 11 is 17.0. The van der Waals surface area contributed by atoms with Gasteiger partial charge in [0.2, 0.25) is 0 Å². The van der Waals surface area contributed by atoms with Gasteiger partial charge in [-0.15, -0.1) is 0 Å². The molecule has 10 heteroatoms. The highest BCUT2D eigenvalue weighted by Crippen LogP contribution is 2.39. The summed E-state index contributed by atoms with van der Waals surface area (Å²) in [5, 5.41) is 12.1. The van der Waals surface area contributed by atoms with Crippen molar-refractivity contribution in [2.45, 2.75) is 60.7 Å². The molecular weight excluding hydrogens is 611 g/mol. The lowest BCUT2D eigenvalue weighted by Gasteiger charge is -2.38.